The Bertz CT molecular complexity index is 403. The van der Waals surface area contributed by atoms with Gasteiger partial charge in [0.1, 0.15) is 5.69 Å². The molecule has 0 aliphatic heterocycles. The van der Waals surface area contributed by atoms with Crippen molar-refractivity contribution in [2.75, 3.05) is 0 Å². The van der Waals surface area contributed by atoms with Crippen LogP contribution in [0, 0.1) is 0 Å². The van der Waals surface area contributed by atoms with Gasteiger partial charge in [-0.15, -0.1) is 0 Å². The van der Waals surface area contributed by atoms with Crippen molar-refractivity contribution in [1.82, 2.24) is 15.3 Å². The molecule has 0 aliphatic rings. The van der Waals surface area contributed by atoms with Crippen LogP contribution in [0.1, 0.15) is 31.3 Å². The molecule has 0 radical (unpaired) electrons. The van der Waals surface area contributed by atoms with E-state index in [1.807, 2.05) is 0 Å². The highest BCUT2D eigenvalue weighted by Crippen LogP contribution is 2.08. The second-order valence-corrected chi connectivity index (χ2v) is 4.01. The first-order valence-electron chi connectivity index (χ1n) is 4.61. The van der Waals surface area contributed by atoms with E-state index in [4.69, 9.17) is 0 Å². The van der Waals surface area contributed by atoms with Crippen molar-refractivity contribution in [3.05, 3.63) is 22.4 Å². The highest BCUT2D eigenvalue weighted by Gasteiger charge is 2.26. The van der Waals surface area contributed by atoms with E-state index < -0.39 is 23.2 Å². The van der Waals surface area contributed by atoms with Gasteiger partial charge in [0, 0.05) is 6.20 Å². The summed E-state index contributed by atoms with van der Waals surface area (Å²) < 4.78 is 0. The molecule has 0 spiro atoms. The molecule has 15 heavy (non-hydrogen) atoms. The van der Waals surface area contributed by atoms with E-state index in [9.17, 15) is 14.7 Å². The normalized spacial score (nSPS) is 13.6. The van der Waals surface area contributed by atoms with Gasteiger partial charge in [-0.05, 0) is 20.8 Å². The van der Waals surface area contributed by atoms with E-state index in [1.54, 1.807) is 20.8 Å². The molecule has 4 N–H and O–H groups in total. The second-order valence-electron chi connectivity index (χ2n) is 4.01. The Labute approximate surface area is 86.7 Å². The second kappa shape index (κ2) is 3.90. The minimum absolute atomic E-state index is 0.147. The molecule has 1 atom stereocenters. The molecule has 0 saturated carbocycles. The van der Waals surface area contributed by atoms with Gasteiger partial charge >= 0.3 is 5.69 Å². The van der Waals surface area contributed by atoms with Crippen molar-refractivity contribution in [2.24, 2.45) is 0 Å². The van der Waals surface area contributed by atoms with Gasteiger partial charge in [-0.25, -0.2) is 4.79 Å². The van der Waals surface area contributed by atoms with Gasteiger partial charge in [-0.1, -0.05) is 0 Å². The molecule has 1 unspecified atom stereocenters. The molecular weight excluding hydrogens is 198 g/mol. The molecule has 1 aromatic heterocycles. The molecule has 0 saturated heterocycles. The zero-order chi connectivity index (χ0) is 11.6. The summed E-state index contributed by atoms with van der Waals surface area (Å²) in [6.45, 7) is 4.97. The molecule has 0 bridgehead atoms. The number of amides is 1. The average Bonchev–Trinajstić information content (AvgIpc) is 2.50. The number of hydrogen-bond donors (Lipinski definition) is 4. The Morgan fingerprint density at radius 2 is 2.20 bits per heavy atom. The number of carbonyl (C=O) groups is 1. The summed E-state index contributed by atoms with van der Waals surface area (Å²) >= 11 is 0. The van der Waals surface area contributed by atoms with Crippen molar-refractivity contribution in [1.29, 1.82) is 0 Å². The number of aromatic amines is 2. The van der Waals surface area contributed by atoms with E-state index in [0.717, 1.165) is 0 Å². The molecule has 1 amide bonds. The van der Waals surface area contributed by atoms with Crippen LogP contribution in [0.4, 0.5) is 0 Å². The lowest BCUT2D eigenvalue weighted by molar-refractivity contribution is 0.0705. The fourth-order valence-electron chi connectivity index (χ4n) is 0.919. The third-order valence-electron chi connectivity index (χ3n) is 2.32. The van der Waals surface area contributed by atoms with Crippen LogP contribution in [0.15, 0.2) is 11.0 Å². The number of carbonyl (C=O) groups excluding carboxylic acids is 1. The summed E-state index contributed by atoms with van der Waals surface area (Å²) in [5.41, 5.74) is -1.03. The lowest BCUT2D eigenvalue weighted by Gasteiger charge is -2.28. The zero-order valence-corrected chi connectivity index (χ0v) is 8.92. The molecule has 6 heteroatoms. The monoisotopic (exact) mass is 213 g/mol. The maximum Gasteiger partial charge on any atom is 0.323 e. The average molecular weight is 213 g/mol. The number of rotatable bonds is 3. The first-order valence-corrected chi connectivity index (χ1v) is 4.61. The Hall–Kier alpha value is -1.56. The number of hydrogen-bond acceptors (Lipinski definition) is 3. The number of aliphatic hydroxyl groups excluding tert-OH is 1. The van der Waals surface area contributed by atoms with Crippen molar-refractivity contribution in [3.8, 4) is 0 Å². The van der Waals surface area contributed by atoms with Gasteiger partial charge < -0.3 is 20.4 Å². The van der Waals surface area contributed by atoms with Crippen LogP contribution in [-0.4, -0.2) is 32.6 Å². The van der Waals surface area contributed by atoms with Crippen LogP contribution in [-0.2, 0) is 0 Å². The van der Waals surface area contributed by atoms with Crippen molar-refractivity contribution in [2.45, 2.75) is 32.4 Å². The third-order valence-corrected chi connectivity index (χ3v) is 2.32. The zero-order valence-electron chi connectivity index (χ0n) is 8.92. The molecule has 0 fully saturated rings. The van der Waals surface area contributed by atoms with E-state index in [-0.39, 0.29) is 5.69 Å². The van der Waals surface area contributed by atoms with Gasteiger partial charge in [0.15, 0.2) is 0 Å². The summed E-state index contributed by atoms with van der Waals surface area (Å²) in [4.78, 5) is 27.0. The first kappa shape index (κ1) is 11.5. The van der Waals surface area contributed by atoms with Crippen LogP contribution in [0.5, 0.6) is 0 Å². The maximum absolute atomic E-state index is 11.6. The number of imidazole rings is 1. The topological polar surface area (TPSA) is 98.0 Å². The molecule has 0 aliphatic carbocycles. The number of aliphatic hydroxyl groups is 1. The predicted molar refractivity (Wildman–Crippen MR) is 54.6 cm³/mol. The highest BCUT2D eigenvalue weighted by molar-refractivity contribution is 5.92. The molecule has 1 heterocycles. The largest absolute Gasteiger partial charge is 0.391 e. The molecule has 1 aromatic rings. The van der Waals surface area contributed by atoms with Crippen molar-refractivity contribution >= 4 is 5.91 Å². The fraction of sp³-hybridized carbons (Fsp3) is 0.556. The van der Waals surface area contributed by atoms with E-state index in [0.29, 0.717) is 0 Å². The van der Waals surface area contributed by atoms with Crippen molar-refractivity contribution < 1.29 is 9.90 Å². The summed E-state index contributed by atoms with van der Waals surface area (Å²) in [5.74, 6) is -0.431. The number of H-pyrrole nitrogens is 2. The summed E-state index contributed by atoms with van der Waals surface area (Å²) in [6, 6.07) is 0. The van der Waals surface area contributed by atoms with Crippen LogP contribution in [0.2, 0.25) is 0 Å². The lowest BCUT2D eigenvalue weighted by Crippen LogP contribution is -2.51. The van der Waals surface area contributed by atoms with Gasteiger partial charge in [0.25, 0.3) is 5.91 Å². The fourth-order valence-corrected chi connectivity index (χ4v) is 0.919. The Morgan fingerprint density at radius 1 is 1.60 bits per heavy atom. The standard InChI is InChI=1S/C9H15N3O3/c1-5(13)9(2,3)12-7(14)6-4-10-8(15)11-6/h4-5,13H,1-3H3,(H,12,14)(H2,10,11,15). The molecule has 0 aromatic carbocycles. The number of nitrogens with one attached hydrogen (secondary N) is 3. The van der Waals surface area contributed by atoms with Gasteiger partial charge in [-0.2, -0.15) is 0 Å². The number of aromatic nitrogens is 2. The van der Waals surface area contributed by atoms with Crippen LogP contribution < -0.4 is 11.0 Å². The first-order chi connectivity index (χ1) is 6.83. The molecular formula is C9H15N3O3. The van der Waals surface area contributed by atoms with Crippen LogP contribution in [0.3, 0.4) is 0 Å². The maximum atomic E-state index is 11.6. The van der Waals surface area contributed by atoms with Gasteiger partial charge in [0.2, 0.25) is 0 Å². The smallest absolute Gasteiger partial charge is 0.323 e. The molecule has 84 valence electrons. The van der Waals surface area contributed by atoms with Gasteiger partial charge in [0.05, 0.1) is 11.6 Å². The summed E-state index contributed by atoms with van der Waals surface area (Å²) in [6.07, 6.45) is 0.600. The predicted octanol–water partition coefficient (Wildman–Crippen LogP) is -0.408. The SMILES string of the molecule is CC(O)C(C)(C)NC(=O)c1c[nH]c(=O)[nH]1. The summed E-state index contributed by atoms with van der Waals surface area (Å²) in [5, 5.41) is 12.0. The van der Waals surface area contributed by atoms with Crippen LogP contribution >= 0.6 is 0 Å². The molecule has 1 rings (SSSR count). The van der Waals surface area contributed by atoms with E-state index in [1.165, 1.54) is 6.20 Å². The van der Waals surface area contributed by atoms with Crippen molar-refractivity contribution in [3.63, 3.8) is 0 Å². The lowest BCUT2D eigenvalue weighted by atomic mass is 9.99. The Kier molecular flexibility index (Phi) is 2.99. The Morgan fingerprint density at radius 3 is 2.60 bits per heavy atom. The van der Waals surface area contributed by atoms with E-state index in [2.05, 4.69) is 15.3 Å². The van der Waals surface area contributed by atoms with Gasteiger partial charge in [-0.3, -0.25) is 4.79 Å². The highest BCUT2D eigenvalue weighted by atomic mass is 16.3. The minimum atomic E-state index is -0.745. The molecule has 6 nitrogen and oxygen atoms in total. The Balaban J connectivity index is 2.76. The minimum Gasteiger partial charge on any atom is -0.391 e. The third kappa shape index (κ3) is 2.69. The summed E-state index contributed by atoms with van der Waals surface area (Å²) in [7, 11) is 0. The van der Waals surface area contributed by atoms with E-state index >= 15 is 0 Å². The quantitative estimate of drug-likeness (QED) is 0.549. The van der Waals surface area contributed by atoms with Crippen LogP contribution in [0.25, 0.3) is 0 Å².